The Hall–Kier alpha value is -4.01. The van der Waals surface area contributed by atoms with Gasteiger partial charge in [-0.25, -0.2) is 0 Å². The molecule has 47 heavy (non-hydrogen) atoms. The van der Waals surface area contributed by atoms with Gasteiger partial charge in [-0.05, 0) is 81.6 Å². The molecule has 2 aromatic carbocycles. The van der Waals surface area contributed by atoms with Crippen molar-refractivity contribution in [3.63, 3.8) is 0 Å². The molecule has 2 aliphatic heterocycles. The zero-order valence-corrected chi connectivity index (χ0v) is 28.7. The number of rotatable bonds is 8. The molecule has 1 amide bonds. The fourth-order valence-corrected chi connectivity index (χ4v) is 7.53. The lowest BCUT2D eigenvalue weighted by Gasteiger charge is -2.36. The van der Waals surface area contributed by atoms with E-state index in [4.69, 9.17) is 22.3 Å². The number of carbonyl (C=O) groups is 1. The maximum atomic E-state index is 13.9. The van der Waals surface area contributed by atoms with E-state index in [1.54, 1.807) is 11.3 Å². The number of aliphatic hydroxyl groups excluding tert-OH is 1. The predicted octanol–water partition coefficient (Wildman–Crippen LogP) is 5.51. The molecule has 0 aliphatic carbocycles. The third-order valence-electron chi connectivity index (χ3n) is 8.96. The number of piperazine rings is 1. The first-order chi connectivity index (χ1) is 22.8. The maximum absolute atomic E-state index is 13.9. The molecule has 1 fully saturated rings. The van der Waals surface area contributed by atoms with Crippen LogP contribution in [0.4, 0.5) is 5.69 Å². The molecule has 1 atom stereocenters. The van der Waals surface area contributed by atoms with Gasteiger partial charge in [0.2, 0.25) is 5.91 Å². The largest absolute Gasteiger partial charge is 0.392 e. The van der Waals surface area contributed by atoms with Gasteiger partial charge in [-0.2, -0.15) is 0 Å². The van der Waals surface area contributed by atoms with E-state index in [1.165, 1.54) is 4.88 Å². The number of aliphatic imine (C=N–C) groups is 1. The van der Waals surface area contributed by atoms with Crippen LogP contribution in [0.2, 0.25) is 5.02 Å². The zero-order chi connectivity index (χ0) is 33.1. The number of fused-ring (bicyclic) bond motifs is 3. The monoisotopic (exact) mass is 669 g/mol. The molecule has 0 unspecified atom stereocenters. The number of amides is 1. The smallest absolute Gasteiger partial charge is 0.225 e. The Kier molecular flexibility index (Phi) is 10.1. The van der Waals surface area contributed by atoms with E-state index in [2.05, 4.69) is 51.4 Å². The molecular formula is C36H40ClN7O2S. The Balaban J connectivity index is 1.20. The second-order valence-electron chi connectivity index (χ2n) is 12.0. The van der Waals surface area contributed by atoms with Crippen molar-refractivity contribution >= 4 is 40.2 Å². The molecular weight excluding hydrogens is 630 g/mol. The van der Waals surface area contributed by atoms with Gasteiger partial charge in [0.15, 0.2) is 5.82 Å². The van der Waals surface area contributed by atoms with Gasteiger partial charge in [0.1, 0.15) is 16.9 Å². The number of carbonyl (C=O) groups excluding carboxylic acids is 1. The number of halogens is 1. The minimum atomic E-state index is -0.497. The summed E-state index contributed by atoms with van der Waals surface area (Å²) in [6.07, 6.45) is 2.92. The van der Waals surface area contributed by atoms with Gasteiger partial charge < -0.3 is 20.6 Å². The molecule has 244 valence electrons. The van der Waals surface area contributed by atoms with Crippen LogP contribution in [-0.2, 0) is 11.4 Å². The van der Waals surface area contributed by atoms with Crippen LogP contribution in [0.1, 0.15) is 76.1 Å². The molecule has 2 aliphatic rings. The Bertz CT molecular complexity index is 1860. The molecule has 11 heteroatoms. The Morgan fingerprint density at radius 1 is 1.06 bits per heavy atom. The number of thiophene rings is 1. The van der Waals surface area contributed by atoms with Gasteiger partial charge in [0, 0.05) is 64.9 Å². The molecule has 0 bridgehead atoms. The van der Waals surface area contributed by atoms with E-state index in [0.29, 0.717) is 43.6 Å². The standard InChI is InChI=1S/C36H40ClN7O2S/c1-23-24(2)47-36-33(23)34(27-9-12-29(37)13-10-27)39-31(35-41-40-25(3)44(35)36)21-32(46)43-18-16-42(17-19-43)30-14-11-26(28(20-30)22-45)8-6-4-5-7-15-38/h9-14,20,31,45H,4-5,7,15-19,21-22,38H2,1-3H3/t31-/m0/s1. The van der Waals surface area contributed by atoms with Crippen LogP contribution in [-0.4, -0.2) is 69.1 Å². The fourth-order valence-electron chi connectivity index (χ4n) is 6.19. The highest BCUT2D eigenvalue weighted by molar-refractivity contribution is 7.15. The molecule has 2 aromatic heterocycles. The Labute approximate surface area is 285 Å². The number of nitrogens with two attached hydrogens (primary N) is 1. The molecule has 0 saturated carbocycles. The SMILES string of the molecule is Cc1sc2c(c1C)C(c1ccc(Cl)cc1)=N[C@@H](CC(=O)N1CCN(c3ccc(C#CCCCCN)c(CO)c3)CC1)c1nnc(C)n1-2. The quantitative estimate of drug-likeness (QED) is 0.189. The van der Waals surface area contributed by atoms with Gasteiger partial charge in [0.05, 0.1) is 18.7 Å². The van der Waals surface area contributed by atoms with Gasteiger partial charge in [0.25, 0.3) is 0 Å². The van der Waals surface area contributed by atoms with Crippen LogP contribution >= 0.6 is 22.9 Å². The van der Waals surface area contributed by atoms with E-state index < -0.39 is 6.04 Å². The van der Waals surface area contributed by atoms with E-state index >= 15 is 0 Å². The summed E-state index contributed by atoms with van der Waals surface area (Å²) in [7, 11) is 0. The molecule has 4 heterocycles. The lowest BCUT2D eigenvalue weighted by atomic mass is 9.99. The van der Waals surface area contributed by atoms with E-state index in [1.807, 2.05) is 48.2 Å². The summed E-state index contributed by atoms with van der Waals surface area (Å²) in [5.41, 5.74) is 12.3. The summed E-state index contributed by atoms with van der Waals surface area (Å²) in [6, 6.07) is 13.3. The topological polar surface area (TPSA) is 113 Å². The lowest BCUT2D eigenvalue weighted by Crippen LogP contribution is -2.49. The van der Waals surface area contributed by atoms with E-state index in [-0.39, 0.29) is 18.9 Å². The summed E-state index contributed by atoms with van der Waals surface area (Å²) in [6.45, 7) is 9.35. The summed E-state index contributed by atoms with van der Waals surface area (Å²) in [4.78, 5) is 24.5. The van der Waals surface area contributed by atoms with Crippen molar-refractivity contribution in [2.75, 3.05) is 37.6 Å². The third kappa shape index (κ3) is 6.85. The van der Waals surface area contributed by atoms with Gasteiger partial charge in [-0.15, -0.1) is 21.5 Å². The number of hydrogen-bond donors (Lipinski definition) is 2. The van der Waals surface area contributed by atoms with Crippen LogP contribution in [0.3, 0.4) is 0 Å². The molecule has 9 nitrogen and oxygen atoms in total. The minimum Gasteiger partial charge on any atom is -0.392 e. The average Bonchev–Trinajstić information content (AvgIpc) is 3.56. The third-order valence-corrected chi connectivity index (χ3v) is 10.4. The average molecular weight is 670 g/mol. The van der Waals surface area contributed by atoms with Crippen molar-refractivity contribution in [2.24, 2.45) is 10.7 Å². The van der Waals surface area contributed by atoms with Crippen molar-refractivity contribution in [3.05, 3.63) is 91.8 Å². The second kappa shape index (κ2) is 14.4. The molecule has 1 saturated heterocycles. The van der Waals surface area contributed by atoms with Gasteiger partial charge >= 0.3 is 0 Å². The van der Waals surface area contributed by atoms with Crippen LogP contribution in [0, 0.1) is 32.6 Å². The van der Waals surface area contributed by atoms with Crippen LogP contribution in [0.15, 0.2) is 47.5 Å². The first-order valence-electron chi connectivity index (χ1n) is 16.1. The fraction of sp³-hybridized carbons (Fsp3) is 0.389. The van der Waals surface area contributed by atoms with Crippen LogP contribution in [0.25, 0.3) is 5.00 Å². The van der Waals surface area contributed by atoms with E-state index in [0.717, 1.165) is 69.3 Å². The Morgan fingerprint density at radius 2 is 1.83 bits per heavy atom. The van der Waals surface area contributed by atoms with Gasteiger partial charge in [-0.3, -0.25) is 14.4 Å². The summed E-state index contributed by atoms with van der Waals surface area (Å²) < 4.78 is 2.08. The summed E-state index contributed by atoms with van der Waals surface area (Å²) in [5.74, 6) is 7.89. The number of hydrogen-bond acceptors (Lipinski definition) is 8. The Morgan fingerprint density at radius 3 is 2.55 bits per heavy atom. The minimum absolute atomic E-state index is 0.0375. The lowest BCUT2D eigenvalue weighted by molar-refractivity contribution is -0.131. The number of aliphatic hydroxyl groups is 1. The molecule has 0 spiro atoms. The van der Waals surface area contributed by atoms with Crippen LogP contribution < -0.4 is 10.6 Å². The number of unbranched alkanes of at least 4 members (excludes halogenated alkanes) is 2. The second-order valence-corrected chi connectivity index (χ2v) is 13.7. The highest BCUT2D eigenvalue weighted by atomic mass is 35.5. The number of aryl methyl sites for hydroxylation is 2. The summed E-state index contributed by atoms with van der Waals surface area (Å²) >= 11 is 7.95. The molecule has 0 radical (unpaired) electrons. The number of nitrogens with zero attached hydrogens (tertiary/aromatic N) is 6. The van der Waals surface area contributed by atoms with Gasteiger partial charge in [-0.1, -0.05) is 35.6 Å². The predicted molar refractivity (Wildman–Crippen MR) is 189 cm³/mol. The maximum Gasteiger partial charge on any atom is 0.225 e. The first kappa shape index (κ1) is 32.9. The number of aromatic nitrogens is 3. The molecule has 4 aromatic rings. The number of anilines is 1. The van der Waals surface area contributed by atoms with Crippen LogP contribution in [0.5, 0.6) is 0 Å². The highest BCUT2D eigenvalue weighted by Gasteiger charge is 2.34. The normalized spacial score (nSPS) is 15.8. The van der Waals surface area contributed by atoms with Crippen molar-refractivity contribution in [2.45, 2.75) is 59.1 Å². The molecule has 6 rings (SSSR count). The zero-order valence-electron chi connectivity index (χ0n) is 27.1. The van der Waals surface area contributed by atoms with Crippen molar-refractivity contribution in [1.82, 2.24) is 19.7 Å². The van der Waals surface area contributed by atoms with Crippen molar-refractivity contribution in [3.8, 4) is 16.8 Å². The van der Waals surface area contributed by atoms with Crippen molar-refractivity contribution < 1.29 is 9.90 Å². The van der Waals surface area contributed by atoms with Crippen molar-refractivity contribution in [1.29, 1.82) is 0 Å². The first-order valence-corrected chi connectivity index (χ1v) is 17.3. The summed E-state index contributed by atoms with van der Waals surface area (Å²) in [5, 5.41) is 20.7. The highest BCUT2D eigenvalue weighted by Crippen LogP contribution is 2.40. The number of benzene rings is 2. The molecule has 3 N–H and O–H groups in total. The van der Waals surface area contributed by atoms with E-state index in [9.17, 15) is 9.90 Å².